The minimum Gasteiger partial charge on any atom is -0.469 e. The zero-order valence-electron chi connectivity index (χ0n) is 12.3. The number of nitrogens with one attached hydrogen (secondary N) is 2. The van der Waals surface area contributed by atoms with Crippen LogP contribution in [0, 0.1) is 0 Å². The maximum absolute atomic E-state index is 11.7. The lowest BCUT2D eigenvalue weighted by atomic mass is 10.3. The molecule has 23 heavy (non-hydrogen) atoms. The number of carbonyl (C=O) groups excluding carboxylic acids is 2. The maximum atomic E-state index is 11.7. The number of esters is 1. The zero-order chi connectivity index (χ0) is 16.7. The molecule has 0 aliphatic heterocycles. The molecule has 9 heteroatoms. The average molecular weight is 337 g/mol. The van der Waals surface area contributed by atoms with Gasteiger partial charge in [0.2, 0.25) is 5.91 Å². The number of H-pyrrole nitrogens is 1. The summed E-state index contributed by atoms with van der Waals surface area (Å²) in [5.41, 5.74) is -0.100. The lowest BCUT2D eigenvalue weighted by molar-refractivity contribution is -0.139. The number of rotatable bonds is 7. The van der Waals surface area contributed by atoms with Gasteiger partial charge in [0.05, 0.1) is 37.8 Å². The molecular formula is C14H15N3O5S. The molecule has 122 valence electrons. The monoisotopic (exact) mass is 337 g/mol. The Hall–Kier alpha value is -2.55. The zero-order valence-corrected chi connectivity index (χ0v) is 13.1. The third kappa shape index (κ3) is 5.62. The summed E-state index contributed by atoms with van der Waals surface area (Å²) in [6.07, 6.45) is 1.43. The number of thioether (sulfide) groups is 1. The predicted octanol–water partition coefficient (Wildman–Crippen LogP) is 0.487. The number of ether oxygens (including phenoxy) is 1. The van der Waals surface area contributed by atoms with Crippen molar-refractivity contribution in [3.05, 3.63) is 46.3 Å². The van der Waals surface area contributed by atoms with Gasteiger partial charge in [0, 0.05) is 6.07 Å². The molecule has 0 radical (unpaired) electrons. The first-order chi connectivity index (χ1) is 11.1. The van der Waals surface area contributed by atoms with Gasteiger partial charge < -0.3 is 19.5 Å². The molecule has 2 rings (SSSR count). The van der Waals surface area contributed by atoms with E-state index in [0.29, 0.717) is 18.0 Å². The molecular weight excluding hydrogens is 322 g/mol. The van der Waals surface area contributed by atoms with Crippen molar-refractivity contribution in [3.63, 3.8) is 0 Å². The van der Waals surface area contributed by atoms with Crippen LogP contribution >= 0.6 is 11.8 Å². The molecule has 0 aliphatic carbocycles. The quantitative estimate of drug-likeness (QED) is 0.429. The smallest absolute Gasteiger partial charge is 0.311 e. The number of nitrogens with zero attached hydrogens (tertiary/aromatic N) is 1. The number of amides is 1. The van der Waals surface area contributed by atoms with Gasteiger partial charge in [-0.25, -0.2) is 4.98 Å². The molecule has 0 spiro atoms. The van der Waals surface area contributed by atoms with E-state index in [1.165, 1.54) is 19.4 Å². The Labute approximate surface area is 135 Å². The van der Waals surface area contributed by atoms with Crippen molar-refractivity contribution in [2.45, 2.75) is 18.1 Å². The molecule has 0 atom stereocenters. The fraction of sp³-hybridized carbons (Fsp3) is 0.286. The highest BCUT2D eigenvalue weighted by Gasteiger charge is 2.09. The Morgan fingerprint density at radius 2 is 2.30 bits per heavy atom. The molecule has 0 aromatic carbocycles. The molecule has 0 saturated heterocycles. The molecule has 0 fully saturated rings. The Morgan fingerprint density at radius 3 is 3.00 bits per heavy atom. The average Bonchev–Trinajstić information content (AvgIpc) is 3.03. The number of aromatic amines is 1. The lowest BCUT2D eigenvalue weighted by Crippen LogP contribution is -2.24. The molecule has 2 N–H and O–H groups in total. The van der Waals surface area contributed by atoms with Crippen LogP contribution < -0.4 is 10.9 Å². The highest BCUT2D eigenvalue weighted by Crippen LogP contribution is 2.11. The van der Waals surface area contributed by atoms with E-state index in [2.05, 4.69) is 20.0 Å². The van der Waals surface area contributed by atoms with Gasteiger partial charge in [0.15, 0.2) is 5.16 Å². The molecule has 0 bridgehead atoms. The number of hydrogen-bond donors (Lipinski definition) is 2. The van der Waals surface area contributed by atoms with Gasteiger partial charge in [0.1, 0.15) is 5.76 Å². The van der Waals surface area contributed by atoms with Gasteiger partial charge in [-0.15, -0.1) is 0 Å². The number of hydrogen-bond acceptors (Lipinski definition) is 7. The summed E-state index contributed by atoms with van der Waals surface area (Å²) in [7, 11) is 1.26. The van der Waals surface area contributed by atoms with Crippen LogP contribution in [-0.4, -0.2) is 34.7 Å². The normalized spacial score (nSPS) is 10.3. The van der Waals surface area contributed by atoms with Crippen molar-refractivity contribution in [2.75, 3.05) is 12.9 Å². The van der Waals surface area contributed by atoms with Gasteiger partial charge in [-0.3, -0.25) is 14.4 Å². The Balaban J connectivity index is 1.88. The van der Waals surface area contributed by atoms with E-state index in [0.717, 1.165) is 11.8 Å². The van der Waals surface area contributed by atoms with Crippen molar-refractivity contribution in [1.82, 2.24) is 15.3 Å². The molecule has 0 aliphatic rings. The van der Waals surface area contributed by atoms with E-state index < -0.39 is 11.5 Å². The van der Waals surface area contributed by atoms with Gasteiger partial charge in [-0.05, 0) is 12.1 Å². The first-order valence-corrected chi connectivity index (χ1v) is 7.64. The summed E-state index contributed by atoms with van der Waals surface area (Å²) < 4.78 is 9.63. The summed E-state index contributed by atoms with van der Waals surface area (Å²) in [5.74, 6) is 0.00308. The van der Waals surface area contributed by atoms with Crippen LogP contribution in [-0.2, 0) is 27.3 Å². The lowest BCUT2D eigenvalue weighted by Gasteiger charge is -2.04. The number of methoxy groups -OCH3 is 1. The highest BCUT2D eigenvalue weighted by atomic mass is 32.2. The minimum atomic E-state index is -0.491. The second kappa shape index (κ2) is 8.18. The fourth-order valence-corrected chi connectivity index (χ4v) is 2.37. The molecule has 2 aromatic heterocycles. The molecule has 0 unspecified atom stereocenters. The molecule has 2 aromatic rings. The second-order valence-electron chi connectivity index (χ2n) is 4.44. The molecule has 1 amide bonds. The topological polar surface area (TPSA) is 114 Å². The number of furan rings is 1. The molecule has 8 nitrogen and oxygen atoms in total. The highest BCUT2D eigenvalue weighted by molar-refractivity contribution is 7.99. The fourth-order valence-electron chi connectivity index (χ4n) is 1.65. The Bertz CT molecular complexity index is 726. The summed E-state index contributed by atoms with van der Waals surface area (Å²) in [4.78, 5) is 41.1. The van der Waals surface area contributed by atoms with E-state index in [9.17, 15) is 14.4 Å². The van der Waals surface area contributed by atoms with Crippen molar-refractivity contribution < 1.29 is 18.7 Å². The minimum absolute atomic E-state index is 0.0747. The van der Waals surface area contributed by atoms with Gasteiger partial charge >= 0.3 is 5.97 Å². The Kier molecular flexibility index (Phi) is 5.98. The van der Waals surface area contributed by atoms with Crippen molar-refractivity contribution >= 4 is 23.6 Å². The third-order valence-corrected chi connectivity index (χ3v) is 3.58. The number of carbonyl (C=O) groups is 2. The first kappa shape index (κ1) is 16.8. The van der Waals surface area contributed by atoms with E-state index in [4.69, 9.17) is 4.42 Å². The summed E-state index contributed by atoms with van der Waals surface area (Å²) in [6, 6.07) is 4.71. The van der Waals surface area contributed by atoms with Crippen molar-refractivity contribution in [3.8, 4) is 0 Å². The Morgan fingerprint density at radius 1 is 1.48 bits per heavy atom. The second-order valence-corrected chi connectivity index (χ2v) is 5.40. The summed E-state index contributed by atoms with van der Waals surface area (Å²) in [6.45, 7) is 0.290. The van der Waals surface area contributed by atoms with Crippen LogP contribution in [0.2, 0.25) is 0 Å². The SMILES string of the molecule is COC(=O)Cc1cc(=O)[nH]c(SCC(=O)NCc2ccco2)n1. The van der Waals surface area contributed by atoms with E-state index in [1.54, 1.807) is 12.1 Å². The standard InChI is InChI=1S/C14H15N3O5S/c1-21-13(20)6-9-5-11(18)17-14(16-9)23-8-12(19)15-7-10-3-2-4-22-10/h2-5H,6-8H2,1H3,(H,15,19)(H,16,17,18). The first-order valence-electron chi connectivity index (χ1n) is 6.66. The predicted molar refractivity (Wildman–Crippen MR) is 81.9 cm³/mol. The molecule has 0 saturated carbocycles. The van der Waals surface area contributed by atoms with Crippen LogP contribution in [0.3, 0.4) is 0 Å². The van der Waals surface area contributed by atoms with Crippen LogP contribution in [0.1, 0.15) is 11.5 Å². The van der Waals surface area contributed by atoms with Gasteiger partial charge in [0.25, 0.3) is 5.56 Å². The van der Waals surface area contributed by atoms with E-state index in [1.807, 2.05) is 0 Å². The third-order valence-electron chi connectivity index (χ3n) is 2.71. The van der Waals surface area contributed by atoms with Crippen LogP contribution in [0.5, 0.6) is 0 Å². The van der Waals surface area contributed by atoms with Crippen LogP contribution in [0.15, 0.2) is 38.8 Å². The van der Waals surface area contributed by atoms with Gasteiger partial charge in [-0.2, -0.15) is 0 Å². The van der Waals surface area contributed by atoms with Gasteiger partial charge in [-0.1, -0.05) is 11.8 Å². The van der Waals surface area contributed by atoms with Crippen LogP contribution in [0.4, 0.5) is 0 Å². The largest absolute Gasteiger partial charge is 0.469 e. The number of aromatic nitrogens is 2. The van der Waals surface area contributed by atoms with Crippen molar-refractivity contribution in [1.29, 1.82) is 0 Å². The van der Waals surface area contributed by atoms with Crippen LogP contribution in [0.25, 0.3) is 0 Å². The summed E-state index contributed by atoms with van der Waals surface area (Å²) >= 11 is 1.07. The molecule has 2 heterocycles. The van der Waals surface area contributed by atoms with Crippen molar-refractivity contribution in [2.24, 2.45) is 0 Å². The summed E-state index contributed by atoms with van der Waals surface area (Å²) in [5, 5.41) is 2.95. The van der Waals surface area contributed by atoms with E-state index in [-0.39, 0.29) is 23.2 Å². The van der Waals surface area contributed by atoms with E-state index >= 15 is 0 Å². The maximum Gasteiger partial charge on any atom is 0.311 e.